The van der Waals surface area contributed by atoms with Gasteiger partial charge in [0, 0.05) is 25.7 Å². The minimum Gasteiger partial charge on any atom is -0.357 e. The van der Waals surface area contributed by atoms with E-state index >= 15 is 0 Å². The molecule has 1 saturated heterocycles. The lowest BCUT2D eigenvalue weighted by atomic mass is 9.96. The summed E-state index contributed by atoms with van der Waals surface area (Å²) in [6.45, 7) is 9.78. The fraction of sp³-hybridized carbons (Fsp3) is 0.667. The zero-order valence-corrected chi connectivity index (χ0v) is 12.9. The Balaban J connectivity index is 1.87. The van der Waals surface area contributed by atoms with Crippen molar-refractivity contribution in [2.45, 2.75) is 26.7 Å². The number of pyridine rings is 1. The van der Waals surface area contributed by atoms with Gasteiger partial charge in [0.2, 0.25) is 0 Å². The third kappa shape index (κ3) is 4.14. The Hall–Kier alpha value is -1.69. The Bertz CT molecular complexity index is 451. The summed E-state index contributed by atoms with van der Waals surface area (Å²) in [6, 6.07) is 3.28. The molecule has 0 aromatic carbocycles. The van der Waals surface area contributed by atoms with Gasteiger partial charge in [0.05, 0.1) is 4.92 Å². The van der Waals surface area contributed by atoms with E-state index in [0.717, 1.165) is 50.8 Å². The molecule has 6 nitrogen and oxygen atoms in total. The molecule has 0 radical (unpaired) electrons. The van der Waals surface area contributed by atoms with Crippen LogP contribution in [0.15, 0.2) is 18.3 Å². The predicted molar refractivity (Wildman–Crippen MR) is 83.6 cm³/mol. The molecule has 6 heteroatoms. The van der Waals surface area contributed by atoms with Gasteiger partial charge in [-0.2, -0.15) is 0 Å². The third-order valence-electron chi connectivity index (χ3n) is 4.29. The lowest BCUT2D eigenvalue weighted by Gasteiger charge is -2.35. The molecule has 0 atom stereocenters. The quantitative estimate of drug-likeness (QED) is 0.595. The van der Waals surface area contributed by atoms with Gasteiger partial charge in [-0.05, 0) is 37.9 Å². The summed E-state index contributed by atoms with van der Waals surface area (Å²) in [5.74, 6) is 1.60. The van der Waals surface area contributed by atoms with Crippen molar-refractivity contribution in [3.63, 3.8) is 0 Å². The van der Waals surface area contributed by atoms with Crippen molar-refractivity contribution in [3.8, 4) is 0 Å². The highest BCUT2D eigenvalue weighted by molar-refractivity contribution is 5.43. The first kappa shape index (κ1) is 15.7. The average molecular weight is 292 g/mol. The minimum atomic E-state index is -0.410. The van der Waals surface area contributed by atoms with Gasteiger partial charge in [-0.25, -0.2) is 4.98 Å². The molecule has 0 bridgehead atoms. The summed E-state index contributed by atoms with van der Waals surface area (Å²) in [5, 5.41) is 10.6. The maximum absolute atomic E-state index is 10.6. The second-order valence-corrected chi connectivity index (χ2v) is 5.55. The molecule has 0 saturated carbocycles. The molecule has 1 aliphatic heterocycles. The van der Waals surface area contributed by atoms with Crippen LogP contribution in [0.25, 0.3) is 0 Å². The number of nitrogens with zero attached hydrogens (tertiary/aromatic N) is 4. The summed E-state index contributed by atoms with van der Waals surface area (Å²) in [4.78, 5) is 19.1. The Morgan fingerprint density at radius 1 is 1.33 bits per heavy atom. The second kappa shape index (κ2) is 7.36. The number of anilines is 1. The largest absolute Gasteiger partial charge is 0.357 e. The van der Waals surface area contributed by atoms with Crippen LogP contribution in [0.3, 0.4) is 0 Å². The number of hydrogen-bond acceptors (Lipinski definition) is 5. The van der Waals surface area contributed by atoms with Crippen LogP contribution in [0.4, 0.5) is 11.5 Å². The molecule has 1 aromatic heterocycles. The van der Waals surface area contributed by atoms with E-state index < -0.39 is 4.92 Å². The fourth-order valence-electron chi connectivity index (χ4n) is 2.86. The monoisotopic (exact) mass is 292 g/mol. The number of piperidine rings is 1. The molecule has 0 unspecified atom stereocenters. The molecule has 1 aliphatic rings. The van der Waals surface area contributed by atoms with E-state index in [0.29, 0.717) is 0 Å². The van der Waals surface area contributed by atoms with E-state index in [-0.39, 0.29) is 5.69 Å². The van der Waals surface area contributed by atoms with Gasteiger partial charge in [0.15, 0.2) is 0 Å². The molecule has 2 heterocycles. The van der Waals surface area contributed by atoms with Crippen molar-refractivity contribution in [1.82, 2.24) is 9.88 Å². The van der Waals surface area contributed by atoms with Crippen molar-refractivity contribution in [2.75, 3.05) is 37.6 Å². The SMILES string of the molecule is CCN(CC)CC1CCN(c2ccc([N+](=O)[O-])cn2)CC1. The average Bonchev–Trinajstić information content (AvgIpc) is 2.53. The van der Waals surface area contributed by atoms with E-state index in [4.69, 9.17) is 0 Å². The standard InChI is InChI=1S/C15H24N4O2/c1-3-17(4-2)12-13-7-9-18(10-8-13)15-6-5-14(11-16-15)19(20)21/h5-6,11,13H,3-4,7-10,12H2,1-2H3. The Morgan fingerprint density at radius 3 is 2.48 bits per heavy atom. The third-order valence-corrected chi connectivity index (χ3v) is 4.29. The maximum atomic E-state index is 10.6. The lowest BCUT2D eigenvalue weighted by Crippen LogP contribution is -2.39. The molecular formula is C15H24N4O2. The first-order chi connectivity index (χ1) is 10.1. The van der Waals surface area contributed by atoms with E-state index in [9.17, 15) is 10.1 Å². The highest BCUT2D eigenvalue weighted by Gasteiger charge is 2.21. The van der Waals surface area contributed by atoms with Crippen molar-refractivity contribution >= 4 is 11.5 Å². The Kier molecular flexibility index (Phi) is 5.50. The normalized spacial score (nSPS) is 16.4. The van der Waals surface area contributed by atoms with Crippen LogP contribution in [0.2, 0.25) is 0 Å². The Morgan fingerprint density at radius 2 is 2.00 bits per heavy atom. The lowest BCUT2D eigenvalue weighted by molar-refractivity contribution is -0.385. The van der Waals surface area contributed by atoms with E-state index in [1.807, 2.05) is 0 Å². The van der Waals surface area contributed by atoms with Gasteiger partial charge in [0.1, 0.15) is 12.0 Å². The predicted octanol–water partition coefficient (Wildman–Crippen LogP) is 2.55. The molecule has 2 rings (SSSR count). The minimum absolute atomic E-state index is 0.0511. The topological polar surface area (TPSA) is 62.5 Å². The highest BCUT2D eigenvalue weighted by Crippen LogP contribution is 2.23. The summed E-state index contributed by atoms with van der Waals surface area (Å²) in [7, 11) is 0. The van der Waals surface area contributed by atoms with Crippen molar-refractivity contribution < 1.29 is 4.92 Å². The van der Waals surface area contributed by atoms with Gasteiger partial charge in [-0.1, -0.05) is 13.8 Å². The van der Waals surface area contributed by atoms with Crippen LogP contribution in [0, 0.1) is 16.0 Å². The van der Waals surface area contributed by atoms with Gasteiger partial charge >= 0.3 is 0 Å². The Labute approximate surface area is 125 Å². The first-order valence-electron chi connectivity index (χ1n) is 7.71. The number of aromatic nitrogens is 1. The van der Waals surface area contributed by atoms with Crippen molar-refractivity contribution in [1.29, 1.82) is 0 Å². The molecule has 1 fully saturated rings. The molecule has 0 amide bonds. The van der Waals surface area contributed by atoms with Gasteiger partial charge in [0.25, 0.3) is 5.69 Å². The summed E-state index contributed by atoms with van der Waals surface area (Å²) in [5.41, 5.74) is 0.0511. The molecule has 0 aliphatic carbocycles. The summed E-state index contributed by atoms with van der Waals surface area (Å²) < 4.78 is 0. The number of nitro groups is 1. The van der Waals surface area contributed by atoms with Crippen LogP contribution in [0.1, 0.15) is 26.7 Å². The van der Waals surface area contributed by atoms with E-state index in [2.05, 4.69) is 28.6 Å². The highest BCUT2D eigenvalue weighted by atomic mass is 16.6. The van der Waals surface area contributed by atoms with Gasteiger partial charge in [-0.3, -0.25) is 10.1 Å². The van der Waals surface area contributed by atoms with Gasteiger partial charge < -0.3 is 9.80 Å². The van der Waals surface area contributed by atoms with Crippen LogP contribution in [0.5, 0.6) is 0 Å². The zero-order valence-electron chi connectivity index (χ0n) is 12.9. The molecular weight excluding hydrogens is 268 g/mol. The van der Waals surface area contributed by atoms with Crippen LogP contribution in [-0.2, 0) is 0 Å². The second-order valence-electron chi connectivity index (χ2n) is 5.55. The van der Waals surface area contributed by atoms with Crippen molar-refractivity contribution in [3.05, 3.63) is 28.4 Å². The number of hydrogen-bond donors (Lipinski definition) is 0. The first-order valence-corrected chi connectivity index (χ1v) is 7.71. The molecule has 21 heavy (non-hydrogen) atoms. The van der Waals surface area contributed by atoms with Crippen LogP contribution < -0.4 is 4.90 Å². The van der Waals surface area contributed by atoms with Crippen molar-refractivity contribution in [2.24, 2.45) is 5.92 Å². The fourth-order valence-corrected chi connectivity index (χ4v) is 2.86. The summed E-state index contributed by atoms with van der Waals surface area (Å²) >= 11 is 0. The molecule has 0 spiro atoms. The molecule has 1 aromatic rings. The molecule has 116 valence electrons. The van der Waals surface area contributed by atoms with E-state index in [1.54, 1.807) is 6.07 Å². The van der Waals surface area contributed by atoms with Gasteiger partial charge in [-0.15, -0.1) is 0 Å². The summed E-state index contributed by atoms with van der Waals surface area (Å²) in [6.07, 6.45) is 3.67. The maximum Gasteiger partial charge on any atom is 0.287 e. The van der Waals surface area contributed by atoms with Crippen LogP contribution in [-0.4, -0.2) is 47.5 Å². The number of rotatable bonds is 6. The van der Waals surface area contributed by atoms with E-state index in [1.165, 1.54) is 18.8 Å². The van der Waals surface area contributed by atoms with Crippen LogP contribution >= 0.6 is 0 Å². The smallest absolute Gasteiger partial charge is 0.287 e. The zero-order chi connectivity index (χ0) is 15.2. The molecule has 0 N–H and O–H groups in total.